The van der Waals surface area contributed by atoms with Crippen LogP contribution < -0.4 is 4.74 Å². The fraction of sp³-hybridized carbons (Fsp3) is 0.500. The predicted molar refractivity (Wildman–Crippen MR) is 79.3 cm³/mol. The van der Waals surface area contributed by atoms with Crippen molar-refractivity contribution in [2.45, 2.75) is 25.7 Å². The molecule has 0 aromatic heterocycles. The molecule has 0 unspecified atom stereocenters. The van der Waals surface area contributed by atoms with Gasteiger partial charge in [-0.1, -0.05) is 24.4 Å². The molecule has 0 atom stereocenters. The van der Waals surface area contributed by atoms with Crippen molar-refractivity contribution < 1.29 is 4.74 Å². The zero-order valence-corrected chi connectivity index (χ0v) is 13.3. The summed E-state index contributed by atoms with van der Waals surface area (Å²) in [4.78, 5) is 0. The lowest BCUT2D eigenvalue weighted by Gasteiger charge is -2.13. The summed E-state index contributed by atoms with van der Waals surface area (Å²) in [7, 11) is 0. The molecule has 0 radical (unpaired) electrons. The molecule has 88 valence electrons. The van der Waals surface area contributed by atoms with Crippen molar-refractivity contribution in [3.63, 3.8) is 0 Å². The first-order chi connectivity index (χ1) is 7.66. The molecule has 4 heteroatoms. The maximum Gasteiger partial charge on any atom is 0.139 e. The van der Waals surface area contributed by atoms with Crippen molar-refractivity contribution in [1.29, 1.82) is 0 Å². The highest BCUT2D eigenvalue weighted by Gasteiger charge is 2.16. The highest BCUT2D eigenvalue weighted by molar-refractivity contribution is 14.1. The number of rotatable bonds is 3. The standard InChI is InChI=1S/C12H13BrClIO/c13-9-5-10(14)12(6-11(9)15)16-7-8-3-1-2-4-8/h5-6,8H,1-4,7H2. The van der Waals surface area contributed by atoms with Gasteiger partial charge in [-0.3, -0.25) is 0 Å². The Kier molecular flexibility index (Phi) is 4.79. The van der Waals surface area contributed by atoms with Crippen LogP contribution in [-0.2, 0) is 0 Å². The van der Waals surface area contributed by atoms with E-state index in [0.717, 1.165) is 26.3 Å². The first-order valence-electron chi connectivity index (χ1n) is 5.44. The average molecular weight is 415 g/mol. The number of halogens is 3. The van der Waals surface area contributed by atoms with E-state index in [4.69, 9.17) is 16.3 Å². The van der Waals surface area contributed by atoms with Crippen molar-refractivity contribution in [2.75, 3.05) is 6.61 Å². The van der Waals surface area contributed by atoms with E-state index in [9.17, 15) is 0 Å². The van der Waals surface area contributed by atoms with Crippen LogP contribution in [0, 0.1) is 9.49 Å². The minimum Gasteiger partial charge on any atom is -0.492 e. The van der Waals surface area contributed by atoms with Gasteiger partial charge >= 0.3 is 0 Å². The topological polar surface area (TPSA) is 9.23 Å². The molecular formula is C12H13BrClIO. The normalized spacial score (nSPS) is 16.7. The lowest BCUT2D eigenvalue weighted by molar-refractivity contribution is 0.252. The molecule has 0 amide bonds. The van der Waals surface area contributed by atoms with E-state index >= 15 is 0 Å². The van der Waals surface area contributed by atoms with E-state index < -0.39 is 0 Å². The van der Waals surface area contributed by atoms with Crippen molar-refractivity contribution in [1.82, 2.24) is 0 Å². The Morgan fingerprint density at radius 2 is 2.06 bits per heavy atom. The molecule has 1 aliphatic carbocycles. The lowest BCUT2D eigenvalue weighted by atomic mass is 10.1. The maximum atomic E-state index is 6.13. The van der Waals surface area contributed by atoms with Gasteiger partial charge in [-0.05, 0) is 69.4 Å². The number of hydrogen-bond acceptors (Lipinski definition) is 1. The highest BCUT2D eigenvalue weighted by atomic mass is 127. The van der Waals surface area contributed by atoms with Crippen LogP contribution in [0.3, 0.4) is 0 Å². The average Bonchev–Trinajstić information content (AvgIpc) is 2.74. The summed E-state index contributed by atoms with van der Waals surface area (Å²) in [6.07, 6.45) is 5.29. The molecule has 0 aliphatic heterocycles. The fourth-order valence-corrected chi connectivity index (χ4v) is 3.13. The van der Waals surface area contributed by atoms with Crippen molar-refractivity contribution in [2.24, 2.45) is 5.92 Å². The predicted octanol–water partition coefficient (Wildman–Crippen LogP) is 5.28. The van der Waals surface area contributed by atoms with Crippen LogP contribution in [-0.4, -0.2) is 6.61 Å². The second-order valence-electron chi connectivity index (χ2n) is 4.16. The van der Waals surface area contributed by atoms with Gasteiger partial charge in [0.1, 0.15) is 5.75 Å². The Balaban J connectivity index is 2.00. The smallest absolute Gasteiger partial charge is 0.139 e. The summed E-state index contributed by atoms with van der Waals surface area (Å²) in [5.41, 5.74) is 0. The molecule has 1 fully saturated rings. The summed E-state index contributed by atoms with van der Waals surface area (Å²) >= 11 is 11.8. The Morgan fingerprint density at radius 1 is 1.38 bits per heavy atom. The molecule has 1 aromatic rings. The number of hydrogen-bond donors (Lipinski definition) is 0. The quantitative estimate of drug-likeness (QED) is 0.482. The third kappa shape index (κ3) is 3.26. The van der Waals surface area contributed by atoms with Crippen LogP contribution in [0.2, 0.25) is 5.02 Å². The van der Waals surface area contributed by atoms with E-state index in [-0.39, 0.29) is 0 Å². The molecule has 1 saturated carbocycles. The molecule has 0 bridgehead atoms. The largest absolute Gasteiger partial charge is 0.492 e. The van der Waals surface area contributed by atoms with Crippen LogP contribution in [0.15, 0.2) is 16.6 Å². The summed E-state index contributed by atoms with van der Waals surface area (Å²) < 4.78 is 7.95. The van der Waals surface area contributed by atoms with Gasteiger partial charge in [0.15, 0.2) is 0 Å². The van der Waals surface area contributed by atoms with E-state index in [1.165, 1.54) is 25.7 Å². The third-order valence-electron chi connectivity index (χ3n) is 2.92. The zero-order valence-electron chi connectivity index (χ0n) is 8.81. The van der Waals surface area contributed by atoms with Crippen LogP contribution in [0.25, 0.3) is 0 Å². The second kappa shape index (κ2) is 5.91. The molecule has 0 N–H and O–H groups in total. The first kappa shape index (κ1) is 13.0. The molecular weight excluding hydrogens is 402 g/mol. The SMILES string of the molecule is Clc1cc(Br)c(I)cc1OCC1CCCC1. The summed E-state index contributed by atoms with van der Waals surface area (Å²) in [6, 6.07) is 3.88. The number of ether oxygens (including phenoxy) is 1. The van der Waals surface area contributed by atoms with Crippen LogP contribution in [0.1, 0.15) is 25.7 Å². The molecule has 1 aromatic carbocycles. The van der Waals surface area contributed by atoms with Crippen LogP contribution >= 0.6 is 50.1 Å². The van der Waals surface area contributed by atoms with Gasteiger partial charge < -0.3 is 4.74 Å². The molecule has 0 spiro atoms. The molecule has 0 heterocycles. The fourth-order valence-electron chi connectivity index (χ4n) is 2.00. The van der Waals surface area contributed by atoms with Gasteiger partial charge in [0, 0.05) is 8.04 Å². The molecule has 0 saturated heterocycles. The molecule has 1 nitrogen and oxygen atoms in total. The Morgan fingerprint density at radius 3 is 2.75 bits per heavy atom. The van der Waals surface area contributed by atoms with Crippen LogP contribution in [0.4, 0.5) is 0 Å². The Labute approximate surface area is 123 Å². The van der Waals surface area contributed by atoms with E-state index in [2.05, 4.69) is 38.5 Å². The Hall–Kier alpha value is 0.520. The molecule has 2 rings (SSSR count). The summed E-state index contributed by atoms with van der Waals surface area (Å²) in [6.45, 7) is 0.803. The summed E-state index contributed by atoms with van der Waals surface area (Å²) in [5.74, 6) is 1.53. The monoisotopic (exact) mass is 414 g/mol. The van der Waals surface area contributed by atoms with Crippen molar-refractivity contribution in [3.8, 4) is 5.75 Å². The van der Waals surface area contributed by atoms with Gasteiger partial charge in [-0.25, -0.2) is 0 Å². The lowest BCUT2D eigenvalue weighted by Crippen LogP contribution is -2.08. The minimum atomic E-state index is 0.685. The van der Waals surface area contributed by atoms with Gasteiger partial charge in [0.05, 0.1) is 11.6 Å². The van der Waals surface area contributed by atoms with Gasteiger partial charge in [-0.2, -0.15) is 0 Å². The minimum absolute atomic E-state index is 0.685. The maximum absolute atomic E-state index is 6.13. The van der Waals surface area contributed by atoms with Crippen molar-refractivity contribution in [3.05, 3.63) is 25.2 Å². The van der Waals surface area contributed by atoms with Gasteiger partial charge in [0.2, 0.25) is 0 Å². The van der Waals surface area contributed by atoms with E-state index in [1.807, 2.05) is 12.1 Å². The summed E-state index contributed by atoms with van der Waals surface area (Å²) in [5, 5.41) is 0.685. The van der Waals surface area contributed by atoms with E-state index in [1.54, 1.807) is 0 Å². The highest BCUT2D eigenvalue weighted by Crippen LogP contribution is 2.33. The second-order valence-corrected chi connectivity index (χ2v) is 6.58. The van der Waals surface area contributed by atoms with E-state index in [0.29, 0.717) is 5.02 Å². The zero-order chi connectivity index (χ0) is 11.5. The van der Waals surface area contributed by atoms with Crippen LogP contribution in [0.5, 0.6) is 5.75 Å². The Bertz CT molecular complexity index is 378. The molecule has 16 heavy (non-hydrogen) atoms. The first-order valence-corrected chi connectivity index (χ1v) is 7.69. The number of benzene rings is 1. The van der Waals surface area contributed by atoms with Gasteiger partial charge in [0.25, 0.3) is 0 Å². The molecule has 1 aliphatic rings. The van der Waals surface area contributed by atoms with Gasteiger partial charge in [-0.15, -0.1) is 0 Å². The van der Waals surface area contributed by atoms with Crippen molar-refractivity contribution >= 4 is 50.1 Å². The third-order valence-corrected chi connectivity index (χ3v) is 5.51.